The molecule has 0 saturated carbocycles. The van der Waals surface area contributed by atoms with Gasteiger partial charge in [-0.15, -0.1) is 0 Å². The van der Waals surface area contributed by atoms with Gasteiger partial charge in [0.1, 0.15) is 11.5 Å². The van der Waals surface area contributed by atoms with Crippen LogP contribution in [0.1, 0.15) is 0 Å². The third-order valence-corrected chi connectivity index (χ3v) is 5.52. The summed E-state index contributed by atoms with van der Waals surface area (Å²) in [5.41, 5.74) is 1.95. The van der Waals surface area contributed by atoms with E-state index in [2.05, 4.69) is 15.9 Å². The van der Waals surface area contributed by atoms with Gasteiger partial charge in [-0.3, -0.25) is 0 Å². The van der Waals surface area contributed by atoms with E-state index in [0.717, 1.165) is 21.4 Å². The molecule has 3 aromatic carbocycles. The second-order valence-corrected chi connectivity index (χ2v) is 8.31. The average molecular weight is 492 g/mol. The van der Waals surface area contributed by atoms with Crippen molar-refractivity contribution in [3.8, 4) is 22.6 Å². The minimum absolute atomic E-state index is 0.269. The van der Waals surface area contributed by atoms with Crippen molar-refractivity contribution in [2.24, 2.45) is 0 Å². The van der Waals surface area contributed by atoms with Crippen molar-refractivity contribution in [2.45, 2.75) is 0 Å². The highest BCUT2D eigenvalue weighted by Gasteiger charge is 2.15. The largest absolute Gasteiger partial charge is 0.482 e. The lowest BCUT2D eigenvalue weighted by molar-refractivity contribution is -0.136. The highest BCUT2D eigenvalue weighted by molar-refractivity contribution is 9.10. The summed E-state index contributed by atoms with van der Waals surface area (Å²) in [5.74, 6) is 0.236. The average Bonchev–Trinajstić information content (AvgIpc) is 3.08. The molecule has 0 atom stereocenters. The third kappa shape index (κ3) is 4.70. The molecule has 0 bridgehead atoms. The zero-order valence-corrected chi connectivity index (χ0v) is 17.8. The van der Waals surface area contributed by atoms with Gasteiger partial charge < -0.3 is 13.9 Å². The third-order valence-electron chi connectivity index (χ3n) is 3.96. The summed E-state index contributed by atoms with van der Waals surface area (Å²) in [5, 5.41) is 0.577. The normalized spacial score (nSPS) is 10.8. The Morgan fingerprint density at radius 2 is 1.76 bits per heavy atom. The molecule has 5 nitrogen and oxygen atoms in total. The number of benzene rings is 3. The number of carbonyl (C=O) groups excluding carboxylic acids is 1. The van der Waals surface area contributed by atoms with Gasteiger partial charge in [0.05, 0.1) is 4.70 Å². The molecule has 0 N–H and O–H groups in total. The fourth-order valence-corrected chi connectivity index (χ4v) is 3.80. The van der Waals surface area contributed by atoms with Crippen LogP contribution in [0.15, 0.2) is 74.3 Å². The van der Waals surface area contributed by atoms with Crippen LogP contribution in [-0.2, 0) is 4.79 Å². The summed E-state index contributed by atoms with van der Waals surface area (Å²) in [6, 6.07) is 17.5. The molecule has 0 saturated heterocycles. The number of esters is 1. The fraction of sp³-hybridized carbons (Fsp3) is 0.0476. The maximum atomic E-state index is 12.2. The molecule has 0 fully saturated rings. The molecule has 29 heavy (non-hydrogen) atoms. The van der Waals surface area contributed by atoms with Crippen LogP contribution < -0.4 is 14.4 Å². The number of hydrogen-bond donors (Lipinski definition) is 0. The molecule has 0 amide bonds. The first-order valence-corrected chi connectivity index (χ1v) is 10.4. The maximum absolute atomic E-state index is 12.2. The number of fused-ring (bicyclic) bond motifs is 1. The first-order chi connectivity index (χ1) is 14.0. The molecule has 1 aromatic heterocycles. The van der Waals surface area contributed by atoms with E-state index >= 15 is 0 Å². The van der Waals surface area contributed by atoms with Gasteiger partial charge in [0.25, 0.3) is 0 Å². The zero-order chi connectivity index (χ0) is 20.4. The summed E-state index contributed by atoms with van der Waals surface area (Å²) >= 11 is 10.2. The molecule has 0 aliphatic rings. The SMILES string of the molecule is O=C(COc1ccc(Cl)cc1)Oc1cc(-c2ccc(Br)cc2)c2oc(=O)sc2c1. The molecular weight excluding hydrogens is 480 g/mol. The van der Waals surface area contributed by atoms with Crippen LogP contribution in [0, 0.1) is 0 Å². The van der Waals surface area contributed by atoms with Crippen molar-refractivity contribution < 1.29 is 18.7 Å². The second kappa shape index (κ2) is 8.41. The summed E-state index contributed by atoms with van der Waals surface area (Å²) in [7, 11) is 0. The van der Waals surface area contributed by atoms with E-state index in [1.165, 1.54) is 0 Å². The van der Waals surface area contributed by atoms with Crippen molar-refractivity contribution >= 4 is 55.1 Å². The number of carbonyl (C=O) groups is 1. The molecule has 146 valence electrons. The van der Waals surface area contributed by atoms with Crippen molar-refractivity contribution in [1.82, 2.24) is 0 Å². The number of ether oxygens (including phenoxy) is 2. The molecule has 4 rings (SSSR count). The molecule has 1 heterocycles. The first-order valence-electron chi connectivity index (χ1n) is 8.40. The zero-order valence-electron chi connectivity index (χ0n) is 14.7. The van der Waals surface area contributed by atoms with Crippen LogP contribution in [0.4, 0.5) is 0 Å². The van der Waals surface area contributed by atoms with Crippen LogP contribution in [-0.4, -0.2) is 12.6 Å². The van der Waals surface area contributed by atoms with Crippen molar-refractivity contribution in [2.75, 3.05) is 6.61 Å². The highest BCUT2D eigenvalue weighted by Crippen LogP contribution is 2.35. The Labute approximate surface area is 182 Å². The molecule has 0 spiro atoms. The summed E-state index contributed by atoms with van der Waals surface area (Å²) in [6.45, 7) is -0.269. The molecular formula is C21H12BrClO5S. The molecule has 0 unspecified atom stereocenters. The van der Waals surface area contributed by atoms with E-state index in [9.17, 15) is 9.59 Å². The molecule has 0 aliphatic carbocycles. The molecule has 0 radical (unpaired) electrons. The molecule has 0 aliphatic heterocycles. The number of halogens is 2. The van der Waals surface area contributed by atoms with Crippen LogP contribution in [0.2, 0.25) is 5.02 Å². The molecule has 4 aromatic rings. The highest BCUT2D eigenvalue weighted by atomic mass is 79.9. The van der Waals surface area contributed by atoms with Crippen LogP contribution >= 0.6 is 38.9 Å². The van der Waals surface area contributed by atoms with Gasteiger partial charge in [0, 0.05) is 21.1 Å². The number of hydrogen-bond acceptors (Lipinski definition) is 6. The first kappa shape index (κ1) is 19.7. The lowest BCUT2D eigenvalue weighted by Gasteiger charge is -2.09. The van der Waals surface area contributed by atoms with Crippen molar-refractivity contribution in [3.05, 3.63) is 79.9 Å². The van der Waals surface area contributed by atoms with Gasteiger partial charge in [0.2, 0.25) is 0 Å². The van der Waals surface area contributed by atoms with E-state index < -0.39 is 10.9 Å². The fourth-order valence-electron chi connectivity index (χ4n) is 2.69. The van der Waals surface area contributed by atoms with Gasteiger partial charge in [0.15, 0.2) is 12.2 Å². The Kier molecular flexibility index (Phi) is 5.71. The van der Waals surface area contributed by atoms with E-state index in [4.69, 9.17) is 25.5 Å². The topological polar surface area (TPSA) is 65.7 Å². The van der Waals surface area contributed by atoms with Crippen LogP contribution in [0.25, 0.3) is 21.4 Å². The Morgan fingerprint density at radius 3 is 2.48 bits per heavy atom. The Hall–Kier alpha value is -2.61. The Bertz CT molecular complexity index is 1230. The van der Waals surface area contributed by atoms with Crippen molar-refractivity contribution in [3.63, 3.8) is 0 Å². The summed E-state index contributed by atoms with van der Waals surface area (Å²) in [4.78, 5) is 23.6. The number of rotatable bonds is 5. The Morgan fingerprint density at radius 1 is 1.03 bits per heavy atom. The minimum Gasteiger partial charge on any atom is -0.482 e. The van der Waals surface area contributed by atoms with Crippen LogP contribution in [0.3, 0.4) is 0 Å². The minimum atomic E-state index is -0.572. The van der Waals surface area contributed by atoms with Gasteiger partial charge in [-0.1, -0.05) is 51.0 Å². The van der Waals surface area contributed by atoms with Gasteiger partial charge in [-0.2, -0.15) is 0 Å². The van der Waals surface area contributed by atoms with E-state index in [1.807, 2.05) is 24.3 Å². The van der Waals surface area contributed by atoms with E-state index in [1.54, 1.807) is 36.4 Å². The van der Waals surface area contributed by atoms with Crippen LogP contribution in [0.5, 0.6) is 11.5 Å². The summed E-state index contributed by atoms with van der Waals surface area (Å²) < 4.78 is 17.7. The van der Waals surface area contributed by atoms with Gasteiger partial charge in [-0.05, 0) is 48.0 Å². The lowest BCUT2D eigenvalue weighted by atomic mass is 10.0. The quantitative estimate of drug-likeness (QED) is 0.256. The predicted molar refractivity (Wildman–Crippen MR) is 116 cm³/mol. The van der Waals surface area contributed by atoms with Gasteiger partial charge >= 0.3 is 10.9 Å². The smallest absolute Gasteiger partial charge is 0.396 e. The predicted octanol–water partition coefficient (Wildman–Crippen LogP) is 5.92. The maximum Gasteiger partial charge on any atom is 0.396 e. The second-order valence-electron chi connectivity index (χ2n) is 5.98. The Balaban J connectivity index is 1.58. The van der Waals surface area contributed by atoms with Gasteiger partial charge in [-0.25, -0.2) is 9.59 Å². The standard InChI is InChI=1S/C21H12BrClO5S/c22-13-3-1-12(2-4-13)17-9-16(10-18-20(17)28-21(25)29-18)27-19(24)11-26-15-7-5-14(23)6-8-15/h1-10H,11H2. The summed E-state index contributed by atoms with van der Waals surface area (Å²) in [6.07, 6.45) is 0. The lowest BCUT2D eigenvalue weighted by Crippen LogP contribution is -2.17. The monoisotopic (exact) mass is 490 g/mol. The van der Waals surface area contributed by atoms with E-state index in [-0.39, 0.29) is 6.61 Å². The van der Waals surface area contributed by atoms with E-state index in [0.29, 0.717) is 32.4 Å². The molecule has 8 heteroatoms. The van der Waals surface area contributed by atoms with Crippen molar-refractivity contribution in [1.29, 1.82) is 0 Å².